The van der Waals surface area contributed by atoms with Gasteiger partial charge in [-0.3, -0.25) is 14.6 Å². The van der Waals surface area contributed by atoms with Gasteiger partial charge in [0.1, 0.15) is 11.5 Å². The Morgan fingerprint density at radius 1 is 1.04 bits per heavy atom. The van der Waals surface area contributed by atoms with Crippen molar-refractivity contribution < 1.29 is 19.1 Å². The molecule has 28 heavy (non-hydrogen) atoms. The molecule has 0 saturated carbocycles. The zero-order valence-electron chi connectivity index (χ0n) is 16.0. The summed E-state index contributed by atoms with van der Waals surface area (Å²) in [6.45, 7) is 3.73. The fraction of sp³-hybridized carbons (Fsp3) is 0.381. The standard InChI is InChI=1S/C21H25N3O4/c1-2-27-18-3-5-19(6-4-18)28-15-20(25)23-17-9-13-24(14-10-17)21(26)16-7-11-22-12-8-16/h3-8,11-12,17H,2,9-10,13-15H2,1H3,(H,23,25). The monoisotopic (exact) mass is 383 g/mol. The Balaban J connectivity index is 1.39. The largest absolute Gasteiger partial charge is 0.494 e. The first-order chi connectivity index (χ1) is 13.7. The number of likely N-dealkylation sites (tertiary alicyclic amines) is 1. The number of carbonyl (C=O) groups is 2. The van der Waals surface area contributed by atoms with Crippen molar-refractivity contribution in [1.82, 2.24) is 15.2 Å². The van der Waals surface area contributed by atoms with Gasteiger partial charge in [0.05, 0.1) is 6.61 Å². The molecule has 1 fully saturated rings. The number of ether oxygens (including phenoxy) is 2. The molecule has 148 valence electrons. The van der Waals surface area contributed by atoms with Gasteiger partial charge in [0.15, 0.2) is 6.61 Å². The van der Waals surface area contributed by atoms with Crippen molar-refractivity contribution in [2.45, 2.75) is 25.8 Å². The van der Waals surface area contributed by atoms with E-state index in [1.54, 1.807) is 36.7 Å². The van der Waals surface area contributed by atoms with Crippen molar-refractivity contribution in [3.63, 3.8) is 0 Å². The highest BCUT2D eigenvalue weighted by molar-refractivity contribution is 5.94. The van der Waals surface area contributed by atoms with E-state index < -0.39 is 0 Å². The Bertz CT molecular complexity index is 772. The fourth-order valence-electron chi connectivity index (χ4n) is 3.12. The fourth-order valence-corrected chi connectivity index (χ4v) is 3.12. The van der Waals surface area contributed by atoms with Crippen LogP contribution in [0.25, 0.3) is 0 Å². The summed E-state index contributed by atoms with van der Waals surface area (Å²) >= 11 is 0. The van der Waals surface area contributed by atoms with E-state index in [1.807, 2.05) is 24.0 Å². The first-order valence-electron chi connectivity index (χ1n) is 9.50. The summed E-state index contributed by atoms with van der Waals surface area (Å²) in [6.07, 6.45) is 4.69. The highest BCUT2D eigenvalue weighted by atomic mass is 16.5. The molecule has 0 radical (unpaired) electrons. The molecule has 0 spiro atoms. The van der Waals surface area contributed by atoms with E-state index >= 15 is 0 Å². The van der Waals surface area contributed by atoms with Gasteiger partial charge < -0.3 is 19.7 Å². The number of amides is 2. The molecule has 1 N–H and O–H groups in total. The Morgan fingerprint density at radius 2 is 1.64 bits per heavy atom. The molecule has 0 bridgehead atoms. The van der Waals surface area contributed by atoms with Crippen LogP contribution in [0.2, 0.25) is 0 Å². The molecule has 0 atom stereocenters. The lowest BCUT2D eigenvalue weighted by atomic mass is 10.0. The quantitative estimate of drug-likeness (QED) is 0.793. The van der Waals surface area contributed by atoms with Crippen molar-refractivity contribution in [3.05, 3.63) is 54.4 Å². The number of nitrogens with zero attached hydrogens (tertiary/aromatic N) is 2. The van der Waals surface area contributed by atoms with E-state index in [-0.39, 0.29) is 24.5 Å². The zero-order chi connectivity index (χ0) is 19.8. The van der Waals surface area contributed by atoms with Gasteiger partial charge in [0.25, 0.3) is 11.8 Å². The molecule has 2 aromatic rings. The molecule has 1 aromatic heterocycles. The summed E-state index contributed by atoms with van der Waals surface area (Å²) < 4.78 is 10.9. The Morgan fingerprint density at radius 3 is 2.25 bits per heavy atom. The number of hydrogen-bond acceptors (Lipinski definition) is 5. The average Bonchev–Trinajstić information content (AvgIpc) is 2.74. The molecule has 7 nitrogen and oxygen atoms in total. The molecule has 2 heterocycles. The normalized spacial score (nSPS) is 14.4. The van der Waals surface area contributed by atoms with E-state index in [2.05, 4.69) is 10.3 Å². The summed E-state index contributed by atoms with van der Waals surface area (Å²) in [5, 5.41) is 2.98. The molecule has 3 rings (SSSR count). The molecule has 0 aliphatic carbocycles. The Labute approximate surface area is 164 Å². The van der Waals surface area contributed by atoms with Crippen molar-refractivity contribution in [2.24, 2.45) is 0 Å². The Kier molecular flexibility index (Phi) is 6.84. The smallest absolute Gasteiger partial charge is 0.258 e. The molecule has 7 heteroatoms. The van der Waals surface area contributed by atoms with E-state index in [9.17, 15) is 9.59 Å². The minimum atomic E-state index is -0.159. The van der Waals surface area contributed by atoms with Crippen LogP contribution in [0.3, 0.4) is 0 Å². The van der Waals surface area contributed by atoms with Crippen molar-refractivity contribution in [3.8, 4) is 11.5 Å². The topological polar surface area (TPSA) is 80.8 Å². The van der Waals surface area contributed by atoms with Crippen LogP contribution < -0.4 is 14.8 Å². The predicted octanol–water partition coefficient (Wildman–Crippen LogP) is 2.28. The maximum absolute atomic E-state index is 12.4. The summed E-state index contributed by atoms with van der Waals surface area (Å²) in [6, 6.07) is 10.7. The minimum Gasteiger partial charge on any atom is -0.494 e. The third-order valence-electron chi connectivity index (χ3n) is 4.58. The number of nitrogens with one attached hydrogen (secondary N) is 1. The second-order valence-electron chi connectivity index (χ2n) is 6.56. The number of aromatic nitrogens is 1. The summed E-state index contributed by atoms with van der Waals surface area (Å²) in [5.74, 6) is 1.24. The number of pyridine rings is 1. The van der Waals surface area contributed by atoms with Crippen molar-refractivity contribution in [2.75, 3.05) is 26.3 Å². The van der Waals surface area contributed by atoms with Gasteiger partial charge in [-0.25, -0.2) is 0 Å². The number of hydrogen-bond donors (Lipinski definition) is 1. The molecule has 2 amide bonds. The molecule has 1 aliphatic heterocycles. The summed E-state index contributed by atoms with van der Waals surface area (Å²) in [5.41, 5.74) is 0.640. The minimum absolute atomic E-state index is 0.00556. The van der Waals surface area contributed by atoms with Gasteiger partial charge in [-0.15, -0.1) is 0 Å². The highest BCUT2D eigenvalue weighted by Gasteiger charge is 2.24. The van der Waals surface area contributed by atoms with Crippen LogP contribution in [0.4, 0.5) is 0 Å². The number of benzene rings is 1. The van der Waals surface area contributed by atoms with Crippen LogP contribution in [0.1, 0.15) is 30.1 Å². The summed E-state index contributed by atoms with van der Waals surface area (Å²) in [7, 11) is 0. The third kappa shape index (κ3) is 5.45. The average molecular weight is 383 g/mol. The molecular formula is C21H25N3O4. The first-order valence-corrected chi connectivity index (χ1v) is 9.50. The van der Waals surface area contributed by atoms with Crippen LogP contribution >= 0.6 is 0 Å². The van der Waals surface area contributed by atoms with Gasteiger partial charge in [0.2, 0.25) is 0 Å². The number of piperidine rings is 1. The van der Waals surface area contributed by atoms with Crippen LogP contribution in [0.5, 0.6) is 11.5 Å². The van der Waals surface area contributed by atoms with Gasteiger partial charge in [-0.05, 0) is 56.2 Å². The van der Waals surface area contributed by atoms with E-state index in [0.29, 0.717) is 31.0 Å². The first kappa shape index (κ1) is 19.7. The lowest BCUT2D eigenvalue weighted by Crippen LogP contribution is -2.47. The van der Waals surface area contributed by atoms with E-state index in [4.69, 9.17) is 9.47 Å². The van der Waals surface area contributed by atoms with Crippen LogP contribution in [0, 0.1) is 0 Å². The molecule has 1 aliphatic rings. The molecule has 0 unspecified atom stereocenters. The third-order valence-corrected chi connectivity index (χ3v) is 4.58. The lowest BCUT2D eigenvalue weighted by molar-refractivity contribution is -0.124. The second-order valence-corrected chi connectivity index (χ2v) is 6.56. The SMILES string of the molecule is CCOc1ccc(OCC(=O)NC2CCN(C(=O)c3ccncc3)CC2)cc1. The van der Waals surface area contributed by atoms with Crippen LogP contribution in [-0.4, -0.2) is 54.0 Å². The van der Waals surface area contributed by atoms with Gasteiger partial charge in [0, 0.05) is 37.1 Å². The molecule has 1 aromatic carbocycles. The van der Waals surface area contributed by atoms with Crippen molar-refractivity contribution in [1.29, 1.82) is 0 Å². The lowest BCUT2D eigenvalue weighted by Gasteiger charge is -2.32. The molecular weight excluding hydrogens is 358 g/mol. The maximum Gasteiger partial charge on any atom is 0.258 e. The van der Waals surface area contributed by atoms with Crippen molar-refractivity contribution >= 4 is 11.8 Å². The van der Waals surface area contributed by atoms with Crippen LogP contribution in [-0.2, 0) is 4.79 Å². The number of carbonyl (C=O) groups excluding carboxylic acids is 2. The van der Waals surface area contributed by atoms with Crippen LogP contribution in [0.15, 0.2) is 48.8 Å². The highest BCUT2D eigenvalue weighted by Crippen LogP contribution is 2.18. The van der Waals surface area contributed by atoms with Gasteiger partial charge in [-0.1, -0.05) is 0 Å². The second kappa shape index (κ2) is 9.73. The van der Waals surface area contributed by atoms with E-state index in [0.717, 1.165) is 18.6 Å². The predicted molar refractivity (Wildman–Crippen MR) is 104 cm³/mol. The van der Waals surface area contributed by atoms with Gasteiger partial charge in [-0.2, -0.15) is 0 Å². The zero-order valence-corrected chi connectivity index (χ0v) is 16.0. The maximum atomic E-state index is 12.4. The number of rotatable bonds is 7. The molecule has 1 saturated heterocycles. The summed E-state index contributed by atoms with van der Waals surface area (Å²) in [4.78, 5) is 30.3. The van der Waals surface area contributed by atoms with E-state index in [1.165, 1.54) is 0 Å². The Hall–Kier alpha value is -3.09. The van der Waals surface area contributed by atoms with Gasteiger partial charge >= 0.3 is 0 Å².